The first-order valence-electron chi connectivity index (χ1n) is 8.23. The Morgan fingerprint density at radius 1 is 1.12 bits per heavy atom. The number of rotatable bonds is 3. The standard InChI is InChI=1S/C19H20N2O3/c1-21-16-7-5-13(11-14(16)6-8-18(21)22)12-20-15-3-2-4-17-19(15)24-10-9-23-17/h2-5,7,11,20H,6,8-10,12H2,1H3. The SMILES string of the molecule is CN1C(=O)CCc2cc(CNc3cccc4c3OCCO4)ccc21. The first kappa shape index (κ1) is 14.9. The topological polar surface area (TPSA) is 50.8 Å². The third kappa shape index (κ3) is 2.66. The zero-order valence-electron chi connectivity index (χ0n) is 13.7. The third-order valence-corrected chi connectivity index (χ3v) is 4.54. The minimum absolute atomic E-state index is 0.182. The van der Waals surface area contributed by atoms with Crippen molar-refractivity contribution >= 4 is 17.3 Å². The molecule has 5 heteroatoms. The molecule has 124 valence electrons. The summed E-state index contributed by atoms with van der Waals surface area (Å²) in [6.45, 7) is 1.86. The van der Waals surface area contributed by atoms with Gasteiger partial charge in [-0.3, -0.25) is 4.79 Å². The van der Waals surface area contributed by atoms with Crippen LogP contribution in [0.1, 0.15) is 17.5 Å². The monoisotopic (exact) mass is 324 g/mol. The van der Waals surface area contributed by atoms with Crippen LogP contribution in [0.3, 0.4) is 0 Å². The summed E-state index contributed by atoms with van der Waals surface area (Å²) in [6, 6.07) is 12.2. The molecule has 2 aliphatic heterocycles. The number of aryl methyl sites for hydroxylation is 1. The van der Waals surface area contributed by atoms with E-state index in [1.54, 1.807) is 4.90 Å². The second-order valence-electron chi connectivity index (χ2n) is 6.10. The molecule has 0 radical (unpaired) electrons. The molecular formula is C19H20N2O3. The van der Waals surface area contributed by atoms with E-state index in [1.807, 2.05) is 31.3 Å². The summed E-state index contributed by atoms with van der Waals surface area (Å²) in [4.78, 5) is 13.5. The van der Waals surface area contributed by atoms with E-state index < -0.39 is 0 Å². The van der Waals surface area contributed by atoms with Gasteiger partial charge in [0, 0.05) is 25.7 Å². The number of amides is 1. The van der Waals surface area contributed by atoms with Crippen molar-refractivity contribution in [3.8, 4) is 11.5 Å². The third-order valence-electron chi connectivity index (χ3n) is 4.54. The van der Waals surface area contributed by atoms with Crippen LogP contribution in [-0.2, 0) is 17.8 Å². The van der Waals surface area contributed by atoms with Crippen LogP contribution in [0.4, 0.5) is 11.4 Å². The molecule has 2 heterocycles. The van der Waals surface area contributed by atoms with E-state index in [1.165, 1.54) is 11.1 Å². The van der Waals surface area contributed by atoms with Crippen molar-refractivity contribution in [2.75, 3.05) is 30.5 Å². The van der Waals surface area contributed by atoms with Crippen molar-refractivity contribution in [1.29, 1.82) is 0 Å². The predicted octanol–water partition coefficient (Wildman–Crippen LogP) is 2.98. The average molecular weight is 324 g/mol. The zero-order valence-corrected chi connectivity index (χ0v) is 13.7. The summed E-state index contributed by atoms with van der Waals surface area (Å²) in [5, 5.41) is 3.43. The molecule has 2 aromatic carbocycles. The van der Waals surface area contributed by atoms with E-state index in [-0.39, 0.29) is 5.91 Å². The number of para-hydroxylation sites is 1. The molecule has 0 spiro atoms. The summed E-state index contributed by atoms with van der Waals surface area (Å²) in [7, 11) is 1.84. The Hall–Kier alpha value is -2.69. The van der Waals surface area contributed by atoms with Crippen molar-refractivity contribution in [1.82, 2.24) is 0 Å². The molecule has 1 amide bonds. The average Bonchev–Trinajstić information content (AvgIpc) is 2.63. The first-order chi connectivity index (χ1) is 11.7. The van der Waals surface area contributed by atoms with E-state index in [9.17, 15) is 4.79 Å². The molecular weight excluding hydrogens is 304 g/mol. The van der Waals surface area contributed by atoms with Crippen molar-refractivity contribution in [3.05, 3.63) is 47.5 Å². The van der Waals surface area contributed by atoms with Gasteiger partial charge in [0.25, 0.3) is 0 Å². The summed E-state index contributed by atoms with van der Waals surface area (Å²) in [5.74, 6) is 1.75. The van der Waals surface area contributed by atoms with E-state index in [0.717, 1.165) is 29.3 Å². The minimum atomic E-state index is 0.182. The van der Waals surface area contributed by atoms with E-state index in [4.69, 9.17) is 9.47 Å². The number of carbonyl (C=O) groups is 1. The number of nitrogens with zero attached hydrogens (tertiary/aromatic N) is 1. The number of hydrogen-bond acceptors (Lipinski definition) is 4. The van der Waals surface area contributed by atoms with Crippen LogP contribution in [0.25, 0.3) is 0 Å². The Labute approximate surface area is 141 Å². The fourth-order valence-electron chi connectivity index (χ4n) is 3.23. The number of anilines is 2. The molecule has 0 fully saturated rings. The number of hydrogen-bond donors (Lipinski definition) is 1. The Morgan fingerprint density at radius 2 is 2.00 bits per heavy atom. The van der Waals surface area contributed by atoms with Gasteiger partial charge in [0.05, 0.1) is 5.69 Å². The van der Waals surface area contributed by atoms with Crippen molar-refractivity contribution in [2.45, 2.75) is 19.4 Å². The van der Waals surface area contributed by atoms with Gasteiger partial charge in [0.1, 0.15) is 13.2 Å². The highest BCUT2D eigenvalue weighted by atomic mass is 16.6. The Balaban J connectivity index is 1.52. The molecule has 0 bridgehead atoms. The second-order valence-corrected chi connectivity index (χ2v) is 6.10. The van der Waals surface area contributed by atoms with E-state index in [0.29, 0.717) is 26.2 Å². The molecule has 4 rings (SSSR count). The highest BCUT2D eigenvalue weighted by Crippen LogP contribution is 2.37. The van der Waals surface area contributed by atoms with Crippen LogP contribution >= 0.6 is 0 Å². The van der Waals surface area contributed by atoms with Crippen LogP contribution in [0.2, 0.25) is 0 Å². The minimum Gasteiger partial charge on any atom is -0.486 e. The lowest BCUT2D eigenvalue weighted by atomic mass is 9.99. The quantitative estimate of drug-likeness (QED) is 0.943. The lowest BCUT2D eigenvalue weighted by Gasteiger charge is -2.26. The maximum atomic E-state index is 11.8. The fraction of sp³-hybridized carbons (Fsp3) is 0.316. The molecule has 0 aliphatic carbocycles. The van der Waals surface area contributed by atoms with Crippen molar-refractivity contribution in [2.24, 2.45) is 0 Å². The van der Waals surface area contributed by atoms with Gasteiger partial charge in [-0.25, -0.2) is 0 Å². The molecule has 24 heavy (non-hydrogen) atoms. The Kier molecular flexibility index (Phi) is 3.76. The van der Waals surface area contributed by atoms with E-state index >= 15 is 0 Å². The highest BCUT2D eigenvalue weighted by Gasteiger charge is 2.21. The van der Waals surface area contributed by atoms with Gasteiger partial charge in [0.15, 0.2) is 11.5 Å². The maximum Gasteiger partial charge on any atom is 0.227 e. The molecule has 1 N–H and O–H groups in total. The molecule has 0 saturated heterocycles. The van der Waals surface area contributed by atoms with Gasteiger partial charge >= 0.3 is 0 Å². The summed E-state index contributed by atoms with van der Waals surface area (Å²) in [6.07, 6.45) is 1.39. The normalized spacial score (nSPS) is 15.9. The molecule has 2 aliphatic rings. The summed E-state index contributed by atoms with van der Waals surface area (Å²) < 4.78 is 11.3. The van der Waals surface area contributed by atoms with Crippen LogP contribution in [0.15, 0.2) is 36.4 Å². The van der Waals surface area contributed by atoms with E-state index in [2.05, 4.69) is 17.4 Å². The molecule has 0 saturated carbocycles. The van der Waals surface area contributed by atoms with Gasteiger partial charge in [-0.2, -0.15) is 0 Å². The van der Waals surface area contributed by atoms with Crippen LogP contribution in [-0.4, -0.2) is 26.2 Å². The Morgan fingerprint density at radius 3 is 2.92 bits per heavy atom. The number of benzene rings is 2. The molecule has 0 aromatic heterocycles. The van der Waals surface area contributed by atoms with Crippen molar-refractivity contribution < 1.29 is 14.3 Å². The molecule has 0 unspecified atom stereocenters. The fourth-order valence-corrected chi connectivity index (χ4v) is 3.23. The lowest BCUT2D eigenvalue weighted by molar-refractivity contribution is -0.118. The van der Waals surface area contributed by atoms with Gasteiger partial charge in [-0.05, 0) is 35.7 Å². The number of nitrogens with one attached hydrogen (secondary N) is 1. The van der Waals surface area contributed by atoms with Gasteiger partial charge in [0.2, 0.25) is 5.91 Å². The van der Waals surface area contributed by atoms with Gasteiger partial charge in [-0.15, -0.1) is 0 Å². The number of ether oxygens (including phenoxy) is 2. The molecule has 2 aromatic rings. The summed E-state index contributed by atoms with van der Waals surface area (Å²) in [5.41, 5.74) is 4.37. The molecule has 5 nitrogen and oxygen atoms in total. The first-order valence-corrected chi connectivity index (χ1v) is 8.23. The second kappa shape index (κ2) is 6.07. The van der Waals surface area contributed by atoms with Crippen LogP contribution in [0.5, 0.6) is 11.5 Å². The smallest absolute Gasteiger partial charge is 0.227 e. The van der Waals surface area contributed by atoms with Gasteiger partial charge < -0.3 is 19.7 Å². The van der Waals surface area contributed by atoms with Crippen LogP contribution < -0.4 is 19.7 Å². The van der Waals surface area contributed by atoms with Gasteiger partial charge in [-0.1, -0.05) is 18.2 Å². The Bertz CT molecular complexity index is 788. The molecule has 0 atom stereocenters. The van der Waals surface area contributed by atoms with Crippen LogP contribution in [0, 0.1) is 0 Å². The zero-order chi connectivity index (χ0) is 16.5. The highest BCUT2D eigenvalue weighted by molar-refractivity contribution is 5.95. The predicted molar refractivity (Wildman–Crippen MR) is 92.9 cm³/mol. The summed E-state index contributed by atoms with van der Waals surface area (Å²) >= 11 is 0. The number of fused-ring (bicyclic) bond motifs is 2. The number of carbonyl (C=O) groups excluding carboxylic acids is 1. The largest absolute Gasteiger partial charge is 0.486 e. The van der Waals surface area contributed by atoms with Crippen molar-refractivity contribution in [3.63, 3.8) is 0 Å². The lowest BCUT2D eigenvalue weighted by Crippen LogP contribution is -2.31. The maximum absolute atomic E-state index is 11.8.